The second-order valence-electron chi connectivity index (χ2n) is 3.73. The third kappa shape index (κ3) is 2.96. The summed E-state index contributed by atoms with van der Waals surface area (Å²) in [7, 11) is 0. The van der Waals surface area contributed by atoms with Gasteiger partial charge in [0.25, 0.3) is 11.6 Å². The van der Waals surface area contributed by atoms with E-state index in [-0.39, 0.29) is 18.0 Å². The molecule has 1 aromatic carbocycles. The van der Waals surface area contributed by atoms with Crippen LogP contribution in [-0.4, -0.2) is 10.8 Å². The van der Waals surface area contributed by atoms with Gasteiger partial charge in [0, 0.05) is 17.8 Å². The molecule has 0 unspecified atom stereocenters. The van der Waals surface area contributed by atoms with Gasteiger partial charge in [0.1, 0.15) is 5.76 Å². The highest BCUT2D eigenvalue weighted by Gasteiger charge is 2.11. The highest BCUT2D eigenvalue weighted by Crippen LogP contribution is 2.16. The molecule has 2 aromatic rings. The number of carbonyl (C=O) groups excluding carboxylic acids is 1. The average molecular weight is 261 g/mol. The molecule has 19 heavy (non-hydrogen) atoms. The molecule has 0 aliphatic carbocycles. The molecule has 1 heterocycles. The topological polar surface area (TPSA) is 111 Å². The fourth-order valence-corrected chi connectivity index (χ4v) is 1.47. The first-order chi connectivity index (χ1) is 9.10. The Hall–Kier alpha value is -2.67. The van der Waals surface area contributed by atoms with E-state index in [1.54, 1.807) is 6.07 Å². The molecule has 0 saturated heterocycles. The van der Waals surface area contributed by atoms with Crippen molar-refractivity contribution in [2.24, 2.45) is 5.73 Å². The number of amides is 1. The Morgan fingerprint density at radius 1 is 1.26 bits per heavy atom. The van der Waals surface area contributed by atoms with Crippen LogP contribution in [0.4, 0.5) is 11.4 Å². The number of nitrogens with zero attached hydrogens (tertiary/aromatic N) is 1. The molecule has 0 spiro atoms. The van der Waals surface area contributed by atoms with E-state index >= 15 is 0 Å². The highest BCUT2D eigenvalue weighted by molar-refractivity contribution is 6.02. The number of carbonyl (C=O) groups is 1. The quantitative estimate of drug-likeness (QED) is 0.644. The van der Waals surface area contributed by atoms with Crippen molar-refractivity contribution in [1.82, 2.24) is 0 Å². The Kier molecular flexibility index (Phi) is 3.58. The molecule has 0 bridgehead atoms. The molecule has 0 saturated carbocycles. The maximum Gasteiger partial charge on any atom is 0.291 e. The molecule has 2 rings (SSSR count). The van der Waals surface area contributed by atoms with Gasteiger partial charge in [-0.25, -0.2) is 0 Å². The Bertz CT molecular complexity index is 604. The van der Waals surface area contributed by atoms with Crippen LogP contribution in [0.1, 0.15) is 16.3 Å². The van der Waals surface area contributed by atoms with Crippen molar-refractivity contribution in [3.8, 4) is 0 Å². The second kappa shape index (κ2) is 5.32. The largest absolute Gasteiger partial charge is 0.455 e. The van der Waals surface area contributed by atoms with Crippen LogP contribution in [0.25, 0.3) is 0 Å². The lowest BCUT2D eigenvalue weighted by Crippen LogP contribution is -2.10. The predicted octanol–water partition coefficient (Wildman–Crippen LogP) is 1.90. The predicted molar refractivity (Wildman–Crippen MR) is 67.6 cm³/mol. The van der Waals surface area contributed by atoms with Crippen LogP contribution in [-0.2, 0) is 6.54 Å². The maximum absolute atomic E-state index is 11.8. The number of hydrogen-bond acceptors (Lipinski definition) is 5. The van der Waals surface area contributed by atoms with E-state index in [9.17, 15) is 14.9 Å². The summed E-state index contributed by atoms with van der Waals surface area (Å²) in [6.07, 6.45) is 0. The van der Waals surface area contributed by atoms with Crippen molar-refractivity contribution in [3.05, 3.63) is 58.0 Å². The first kappa shape index (κ1) is 12.8. The van der Waals surface area contributed by atoms with E-state index in [2.05, 4.69) is 5.32 Å². The molecule has 1 aromatic heterocycles. The van der Waals surface area contributed by atoms with E-state index in [0.29, 0.717) is 11.4 Å². The molecule has 98 valence electrons. The highest BCUT2D eigenvalue weighted by atomic mass is 16.6. The number of non-ortho nitro benzene ring substituents is 1. The monoisotopic (exact) mass is 261 g/mol. The lowest BCUT2D eigenvalue weighted by molar-refractivity contribution is -0.384. The zero-order chi connectivity index (χ0) is 13.8. The number of furan rings is 1. The van der Waals surface area contributed by atoms with Gasteiger partial charge in [-0.15, -0.1) is 0 Å². The first-order valence-corrected chi connectivity index (χ1v) is 5.44. The molecule has 0 radical (unpaired) electrons. The van der Waals surface area contributed by atoms with Crippen molar-refractivity contribution >= 4 is 17.3 Å². The van der Waals surface area contributed by atoms with E-state index in [1.807, 2.05) is 0 Å². The van der Waals surface area contributed by atoms with Gasteiger partial charge in [0.2, 0.25) is 0 Å². The number of rotatable bonds is 4. The Morgan fingerprint density at radius 3 is 2.47 bits per heavy atom. The number of nitrogens with one attached hydrogen (secondary N) is 1. The van der Waals surface area contributed by atoms with Gasteiger partial charge in [0.05, 0.1) is 11.5 Å². The molecule has 0 aliphatic rings. The fraction of sp³-hybridized carbons (Fsp3) is 0.0833. The van der Waals surface area contributed by atoms with Crippen molar-refractivity contribution < 1.29 is 14.1 Å². The Labute approximate surface area is 108 Å². The number of hydrogen-bond donors (Lipinski definition) is 2. The van der Waals surface area contributed by atoms with Crippen LogP contribution >= 0.6 is 0 Å². The summed E-state index contributed by atoms with van der Waals surface area (Å²) in [6, 6.07) is 8.64. The number of nitro benzene ring substituents is 1. The molecule has 3 N–H and O–H groups in total. The summed E-state index contributed by atoms with van der Waals surface area (Å²) in [5.41, 5.74) is 5.78. The molecular formula is C12H11N3O4. The average Bonchev–Trinajstić information content (AvgIpc) is 2.88. The first-order valence-electron chi connectivity index (χ1n) is 5.44. The minimum atomic E-state index is -0.508. The van der Waals surface area contributed by atoms with Crippen LogP contribution in [0.15, 0.2) is 40.8 Å². The van der Waals surface area contributed by atoms with Crippen LogP contribution in [0.2, 0.25) is 0 Å². The lowest BCUT2D eigenvalue weighted by Gasteiger charge is -2.02. The Balaban J connectivity index is 2.08. The summed E-state index contributed by atoms with van der Waals surface area (Å²) in [5, 5.41) is 13.0. The van der Waals surface area contributed by atoms with Crippen molar-refractivity contribution in [2.45, 2.75) is 6.54 Å². The molecule has 7 nitrogen and oxygen atoms in total. The van der Waals surface area contributed by atoms with Crippen LogP contribution in [0, 0.1) is 10.1 Å². The summed E-state index contributed by atoms with van der Waals surface area (Å²) in [4.78, 5) is 21.8. The fourth-order valence-electron chi connectivity index (χ4n) is 1.47. The second-order valence-corrected chi connectivity index (χ2v) is 3.73. The molecule has 0 fully saturated rings. The minimum Gasteiger partial charge on any atom is -0.455 e. The standard InChI is InChI=1S/C12H11N3O4/c13-7-10-5-6-11(19-10)12(16)14-8-1-3-9(4-2-8)15(17)18/h1-6H,7,13H2,(H,14,16). The van der Waals surface area contributed by atoms with Gasteiger partial charge >= 0.3 is 0 Å². The molecule has 0 aliphatic heterocycles. The number of anilines is 1. The minimum absolute atomic E-state index is 0.0404. The third-order valence-corrected chi connectivity index (χ3v) is 2.42. The number of nitro groups is 1. The summed E-state index contributed by atoms with van der Waals surface area (Å²) >= 11 is 0. The van der Waals surface area contributed by atoms with E-state index in [4.69, 9.17) is 10.2 Å². The van der Waals surface area contributed by atoms with Gasteiger partial charge < -0.3 is 15.5 Å². The van der Waals surface area contributed by atoms with E-state index < -0.39 is 10.8 Å². The van der Waals surface area contributed by atoms with Gasteiger partial charge in [-0.05, 0) is 24.3 Å². The van der Waals surface area contributed by atoms with Crippen molar-refractivity contribution in [1.29, 1.82) is 0 Å². The zero-order valence-corrected chi connectivity index (χ0v) is 9.83. The smallest absolute Gasteiger partial charge is 0.291 e. The molecule has 1 amide bonds. The van der Waals surface area contributed by atoms with Crippen molar-refractivity contribution in [3.63, 3.8) is 0 Å². The van der Waals surface area contributed by atoms with Crippen LogP contribution in [0.3, 0.4) is 0 Å². The normalized spacial score (nSPS) is 10.2. The van der Waals surface area contributed by atoms with E-state index in [1.165, 1.54) is 30.3 Å². The van der Waals surface area contributed by atoms with Crippen LogP contribution in [0.5, 0.6) is 0 Å². The van der Waals surface area contributed by atoms with E-state index in [0.717, 1.165) is 0 Å². The molecular weight excluding hydrogens is 250 g/mol. The Morgan fingerprint density at radius 2 is 1.95 bits per heavy atom. The zero-order valence-electron chi connectivity index (χ0n) is 9.83. The number of benzene rings is 1. The molecule has 7 heteroatoms. The van der Waals surface area contributed by atoms with Gasteiger partial charge in [-0.2, -0.15) is 0 Å². The van der Waals surface area contributed by atoms with Gasteiger partial charge in [-0.3, -0.25) is 14.9 Å². The molecule has 0 atom stereocenters. The summed E-state index contributed by atoms with van der Waals surface area (Å²) in [6.45, 7) is 0.213. The summed E-state index contributed by atoms with van der Waals surface area (Å²) in [5.74, 6) is 0.209. The summed E-state index contributed by atoms with van der Waals surface area (Å²) < 4.78 is 5.18. The SMILES string of the molecule is NCc1ccc(C(=O)Nc2ccc([N+](=O)[O-])cc2)o1. The lowest BCUT2D eigenvalue weighted by atomic mass is 10.3. The number of nitrogens with two attached hydrogens (primary N) is 1. The third-order valence-electron chi connectivity index (χ3n) is 2.42. The maximum atomic E-state index is 11.8. The van der Waals surface area contributed by atoms with Gasteiger partial charge in [0.15, 0.2) is 5.76 Å². The van der Waals surface area contributed by atoms with Crippen LogP contribution < -0.4 is 11.1 Å². The van der Waals surface area contributed by atoms with Crippen molar-refractivity contribution in [2.75, 3.05) is 5.32 Å². The van der Waals surface area contributed by atoms with Gasteiger partial charge in [-0.1, -0.05) is 0 Å².